The van der Waals surface area contributed by atoms with Crippen LogP contribution in [0.1, 0.15) is 96.8 Å². The fourth-order valence-electron chi connectivity index (χ4n) is 6.03. The summed E-state index contributed by atoms with van der Waals surface area (Å²) in [5.41, 5.74) is 2.17. The fourth-order valence-corrected chi connectivity index (χ4v) is 6.03. The van der Waals surface area contributed by atoms with Crippen molar-refractivity contribution in [1.29, 1.82) is 0 Å². The van der Waals surface area contributed by atoms with Crippen molar-refractivity contribution in [3.63, 3.8) is 0 Å². The predicted molar refractivity (Wildman–Crippen MR) is 188 cm³/mol. The zero-order valence-electron chi connectivity index (χ0n) is 28.3. The maximum atomic E-state index is 14.5. The highest BCUT2D eigenvalue weighted by Gasteiger charge is 2.09. The SMILES string of the molecule is CC(CCCCCCCCOc1ccc(-c2ccc(F)cc2)c(F)c1)CCCCCCCCOc1ccc(-c2ccc(F)cc2)c(F)c1. The van der Waals surface area contributed by atoms with Gasteiger partial charge in [0, 0.05) is 23.3 Å². The van der Waals surface area contributed by atoms with Crippen LogP contribution >= 0.6 is 0 Å². The first-order valence-corrected chi connectivity index (χ1v) is 17.8. The third kappa shape index (κ3) is 13.0. The number of rotatable bonds is 22. The summed E-state index contributed by atoms with van der Waals surface area (Å²) < 4.78 is 66.8. The zero-order chi connectivity index (χ0) is 34.0. The van der Waals surface area contributed by atoms with Crippen LogP contribution in [0.25, 0.3) is 22.3 Å². The van der Waals surface area contributed by atoms with Gasteiger partial charge in [-0.25, -0.2) is 17.6 Å². The molecule has 4 rings (SSSR count). The lowest BCUT2D eigenvalue weighted by atomic mass is 9.96. The number of hydrogen-bond acceptors (Lipinski definition) is 2. The van der Waals surface area contributed by atoms with Crippen molar-refractivity contribution in [3.05, 3.63) is 108 Å². The van der Waals surface area contributed by atoms with Gasteiger partial charge in [0.15, 0.2) is 0 Å². The number of hydrogen-bond donors (Lipinski definition) is 0. The van der Waals surface area contributed by atoms with E-state index >= 15 is 0 Å². The number of unbranched alkanes of at least 4 members (excludes halogenated alkanes) is 10. The Morgan fingerprint density at radius 3 is 1.17 bits per heavy atom. The summed E-state index contributed by atoms with van der Waals surface area (Å²) in [7, 11) is 0. The van der Waals surface area contributed by atoms with Crippen molar-refractivity contribution in [2.75, 3.05) is 13.2 Å². The quantitative estimate of drug-likeness (QED) is 0.0616. The maximum Gasteiger partial charge on any atom is 0.134 e. The number of benzene rings is 4. The summed E-state index contributed by atoms with van der Waals surface area (Å²) in [6.45, 7) is 3.53. The Hall–Kier alpha value is -3.80. The van der Waals surface area contributed by atoms with Crippen molar-refractivity contribution in [3.8, 4) is 33.8 Å². The molecule has 0 aromatic heterocycles. The van der Waals surface area contributed by atoms with E-state index in [4.69, 9.17) is 9.47 Å². The first-order chi connectivity index (χ1) is 23.4. The fraction of sp³-hybridized carbons (Fsp3) is 0.429. The third-order valence-electron chi connectivity index (χ3n) is 8.91. The third-order valence-corrected chi connectivity index (χ3v) is 8.91. The minimum atomic E-state index is -0.365. The molecule has 0 saturated carbocycles. The summed E-state index contributed by atoms with van der Waals surface area (Å²) in [6, 6.07) is 21.4. The molecule has 0 aliphatic rings. The lowest BCUT2D eigenvalue weighted by Crippen LogP contribution is -1.99. The second-order valence-electron chi connectivity index (χ2n) is 12.9. The Balaban J connectivity index is 0.925. The maximum absolute atomic E-state index is 14.5. The molecule has 0 spiro atoms. The highest BCUT2D eigenvalue weighted by Crippen LogP contribution is 2.28. The van der Waals surface area contributed by atoms with E-state index in [2.05, 4.69) is 6.92 Å². The lowest BCUT2D eigenvalue weighted by Gasteiger charge is -2.11. The van der Waals surface area contributed by atoms with E-state index in [0.29, 0.717) is 47.0 Å². The van der Waals surface area contributed by atoms with Crippen LogP contribution in [0.15, 0.2) is 84.9 Å². The van der Waals surface area contributed by atoms with Crippen LogP contribution in [0.5, 0.6) is 11.5 Å². The van der Waals surface area contributed by atoms with E-state index in [1.807, 2.05) is 0 Å². The minimum absolute atomic E-state index is 0.338. The highest BCUT2D eigenvalue weighted by atomic mass is 19.1. The van der Waals surface area contributed by atoms with Gasteiger partial charge in [-0.3, -0.25) is 0 Å². The molecule has 0 atom stereocenters. The Kier molecular flexibility index (Phi) is 15.8. The van der Waals surface area contributed by atoms with Crippen LogP contribution in [0.2, 0.25) is 0 Å². The first-order valence-electron chi connectivity index (χ1n) is 17.8. The molecular weight excluding hydrogens is 612 g/mol. The Bertz CT molecular complexity index is 1370. The van der Waals surface area contributed by atoms with Gasteiger partial charge < -0.3 is 9.47 Å². The van der Waals surface area contributed by atoms with Gasteiger partial charge in [0.1, 0.15) is 34.8 Å². The van der Waals surface area contributed by atoms with E-state index in [0.717, 1.165) is 31.6 Å². The average molecular weight is 663 g/mol. The molecule has 258 valence electrons. The Morgan fingerprint density at radius 1 is 0.438 bits per heavy atom. The molecule has 0 bridgehead atoms. The molecule has 4 aromatic carbocycles. The van der Waals surface area contributed by atoms with E-state index in [1.165, 1.54) is 101 Å². The summed E-state index contributed by atoms with van der Waals surface area (Å²) in [4.78, 5) is 0. The lowest BCUT2D eigenvalue weighted by molar-refractivity contribution is 0.302. The summed E-state index contributed by atoms with van der Waals surface area (Å²) in [5.74, 6) is 0.425. The minimum Gasteiger partial charge on any atom is -0.493 e. The molecule has 0 saturated heterocycles. The summed E-state index contributed by atoms with van der Waals surface area (Å²) in [5, 5.41) is 0. The monoisotopic (exact) mass is 662 g/mol. The number of ether oxygens (including phenoxy) is 2. The van der Waals surface area contributed by atoms with Crippen LogP contribution < -0.4 is 9.47 Å². The van der Waals surface area contributed by atoms with Crippen molar-refractivity contribution in [1.82, 2.24) is 0 Å². The van der Waals surface area contributed by atoms with Crippen LogP contribution in [-0.4, -0.2) is 13.2 Å². The van der Waals surface area contributed by atoms with Crippen LogP contribution in [0.3, 0.4) is 0 Å². The van der Waals surface area contributed by atoms with E-state index in [-0.39, 0.29) is 23.3 Å². The van der Waals surface area contributed by atoms with Gasteiger partial charge in [-0.05, 0) is 78.4 Å². The van der Waals surface area contributed by atoms with Crippen LogP contribution in [-0.2, 0) is 0 Å². The predicted octanol–water partition coefficient (Wildman–Crippen LogP) is 13.1. The van der Waals surface area contributed by atoms with Crippen molar-refractivity contribution < 1.29 is 27.0 Å². The Labute approximate surface area is 284 Å². The van der Waals surface area contributed by atoms with Crippen LogP contribution in [0, 0.1) is 29.2 Å². The molecule has 0 heterocycles. The molecule has 0 aliphatic carbocycles. The molecule has 6 heteroatoms. The normalized spacial score (nSPS) is 11.3. The number of halogens is 4. The van der Waals surface area contributed by atoms with Gasteiger partial charge in [0.2, 0.25) is 0 Å². The molecule has 48 heavy (non-hydrogen) atoms. The molecule has 0 unspecified atom stereocenters. The molecule has 0 fully saturated rings. The first kappa shape index (κ1) is 37.0. The molecule has 4 aromatic rings. The van der Waals surface area contributed by atoms with Crippen molar-refractivity contribution >= 4 is 0 Å². The van der Waals surface area contributed by atoms with E-state index in [1.54, 1.807) is 48.5 Å². The molecule has 0 N–H and O–H groups in total. The second-order valence-corrected chi connectivity index (χ2v) is 12.9. The second kappa shape index (κ2) is 20.5. The molecule has 0 radical (unpaired) electrons. The van der Waals surface area contributed by atoms with Gasteiger partial charge in [-0.1, -0.05) is 108 Å². The van der Waals surface area contributed by atoms with Crippen LogP contribution in [0.4, 0.5) is 17.6 Å². The molecule has 0 amide bonds. The van der Waals surface area contributed by atoms with E-state index < -0.39 is 0 Å². The molecule has 2 nitrogen and oxygen atoms in total. The largest absolute Gasteiger partial charge is 0.493 e. The van der Waals surface area contributed by atoms with Gasteiger partial charge in [-0.15, -0.1) is 0 Å². The van der Waals surface area contributed by atoms with Crippen molar-refractivity contribution in [2.45, 2.75) is 96.8 Å². The Morgan fingerprint density at radius 2 is 0.792 bits per heavy atom. The summed E-state index contributed by atoms with van der Waals surface area (Å²) in [6.07, 6.45) is 16.7. The smallest absolute Gasteiger partial charge is 0.134 e. The average Bonchev–Trinajstić information content (AvgIpc) is 3.08. The topological polar surface area (TPSA) is 18.5 Å². The van der Waals surface area contributed by atoms with Gasteiger partial charge in [-0.2, -0.15) is 0 Å². The highest BCUT2D eigenvalue weighted by molar-refractivity contribution is 5.65. The van der Waals surface area contributed by atoms with Crippen molar-refractivity contribution in [2.24, 2.45) is 5.92 Å². The summed E-state index contributed by atoms with van der Waals surface area (Å²) >= 11 is 0. The van der Waals surface area contributed by atoms with E-state index in [9.17, 15) is 17.6 Å². The molecule has 0 aliphatic heterocycles. The zero-order valence-corrected chi connectivity index (χ0v) is 28.3. The standard InChI is InChI=1S/C42H50F4O2/c1-32(14-10-6-2-4-8-12-28-47-37-24-26-39(41(45)30-37)33-16-20-35(43)21-17-33)15-11-7-3-5-9-13-29-48-38-25-27-40(42(46)31-38)34-18-22-36(44)23-19-34/h16-27,30-32H,2-15,28-29H2,1H3. The van der Waals surface area contributed by atoms with Gasteiger partial charge in [0.05, 0.1) is 13.2 Å². The van der Waals surface area contributed by atoms with Gasteiger partial charge >= 0.3 is 0 Å². The molecular formula is C42H50F4O2. The van der Waals surface area contributed by atoms with Gasteiger partial charge in [0.25, 0.3) is 0 Å².